The number of carbonyl (C=O) groups is 3. The van der Waals surface area contributed by atoms with Gasteiger partial charge in [0.15, 0.2) is 0 Å². The Morgan fingerprint density at radius 3 is 2.03 bits per heavy atom. The number of aryl methyl sites for hydroxylation is 1. The quantitative estimate of drug-likeness (QED) is 0.755. The zero-order valence-electron chi connectivity index (χ0n) is 17.0. The lowest BCUT2D eigenvalue weighted by Crippen LogP contribution is -2.55. The maximum atomic E-state index is 13.1. The molecule has 0 saturated carbocycles. The molecule has 0 N–H and O–H groups in total. The minimum Gasteiger partial charge on any atom is -0.368 e. The number of piperazine rings is 1. The van der Waals surface area contributed by atoms with Gasteiger partial charge in [-0.1, -0.05) is 24.3 Å². The zero-order valence-corrected chi connectivity index (χ0v) is 17.0. The van der Waals surface area contributed by atoms with Gasteiger partial charge in [-0.2, -0.15) is 0 Å². The van der Waals surface area contributed by atoms with Gasteiger partial charge in [0.05, 0.1) is 11.1 Å². The molecule has 150 valence electrons. The molecule has 1 atom stereocenters. The van der Waals surface area contributed by atoms with E-state index in [-0.39, 0.29) is 17.7 Å². The number of rotatable bonds is 3. The Hall–Kier alpha value is -3.15. The lowest BCUT2D eigenvalue weighted by molar-refractivity contribution is -0.135. The zero-order chi connectivity index (χ0) is 20.7. The molecule has 0 spiro atoms. The molecule has 2 aromatic carbocycles. The third kappa shape index (κ3) is 3.18. The number of benzene rings is 2. The van der Waals surface area contributed by atoms with Gasteiger partial charge in [-0.15, -0.1) is 0 Å². The van der Waals surface area contributed by atoms with Crippen LogP contribution in [0.1, 0.15) is 38.8 Å². The highest BCUT2D eigenvalue weighted by molar-refractivity contribution is 6.22. The third-order valence-corrected chi connectivity index (χ3v) is 6.08. The van der Waals surface area contributed by atoms with Gasteiger partial charge < -0.3 is 9.80 Å². The van der Waals surface area contributed by atoms with Gasteiger partial charge in [-0.3, -0.25) is 19.3 Å². The molecule has 2 aliphatic heterocycles. The van der Waals surface area contributed by atoms with Crippen LogP contribution in [0.2, 0.25) is 0 Å². The Kier molecular flexibility index (Phi) is 4.86. The van der Waals surface area contributed by atoms with Crippen LogP contribution in [0.25, 0.3) is 0 Å². The molecule has 0 radical (unpaired) electrons. The second-order valence-corrected chi connectivity index (χ2v) is 7.73. The number of anilines is 1. The van der Waals surface area contributed by atoms with E-state index in [4.69, 9.17) is 0 Å². The number of fused-ring (bicyclic) bond motifs is 1. The largest absolute Gasteiger partial charge is 0.368 e. The molecule has 6 heteroatoms. The lowest BCUT2D eigenvalue weighted by Gasteiger charge is -2.38. The van der Waals surface area contributed by atoms with Crippen molar-refractivity contribution in [2.75, 3.05) is 31.1 Å². The average Bonchev–Trinajstić information content (AvgIpc) is 3.00. The summed E-state index contributed by atoms with van der Waals surface area (Å²) in [6, 6.07) is 12.2. The molecule has 6 nitrogen and oxygen atoms in total. The summed E-state index contributed by atoms with van der Waals surface area (Å²) in [5.41, 5.74) is 4.45. The van der Waals surface area contributed by atoms with Crippen molar-refractivity contribution in [2.45, 2.75) is 26.8 Å². The molecular formula is C23H25N3O3. The maximum Gasteiger partial charge on any atom is 0.262 e. The topological polar surface area (TPSA) is 60.9 Å². The molecule has 2 aromatic rings. The summed E-state index contributed by atoms with van der Waals surface area (Å²) in [7, 11) is 0. The number of imide groups is 1. The SMILES string of the molecule is Cc1cccc(N2CCN(C(=O)[C@H](C)N3C(=O)c4ccccc4C3=O)CC2)c1C. The van der Waals surface area contributed by atoms with Crippen molar-refractivity contribution in [3.63, 3.8) is 0 Å². The highest BCUT2D eigenvalue weighted by Crippen LogP contribution is 2.27. The molecule has 0 aromatic heterocycles. The fraction of sp³-hybridized carbons (Fsp3) is 0.348. The lowest BCUT2D eigenvalue weighted by atomic mass is 10.1. The first-order valence-electron chi connectivity index (χ1n) is 9.97. The fourth-order valence-corrected chi connectivity index (χ4v) is 4.18. The Bertz CT molecular complexity index is 958. The summed E-state index contributed by atoms with van der Waals surface area (Å²) in [4.78, 5) is 43.5. The van der Waals surface area contributed by atoms with Crippen LogP contribution in [0.4, 0.5) is 5.69 Å². The molecule has 29 heavy (non-hydrogen) atoms. The van der Waals surface area contributed by atoms with Crippen LogP contribution in [-0.2, 0) is 4.79 Å². The van der Waals surface area contributed by atoms with Gasteiger partial charge in [-0.05, 0) is 50.1 Å². The van der Waals surface area contributed by atoms with Crippen molar-refractivity contribution >= 4 is 23.4 Å². The van der Waals surface area contributed by atoms with E-state index < -0.39 is 6.04 Å². The highest BCUT2D eigenvalue weighted by atomic mass is 16.2. The molecular weight excluding hydrogens is 366 g/mol. The van der Waals surface area contributed by atoms with Gasteiger partial charge in [0.1, 0.15) is 6.04 Å². The van der Waals surface area contributed by atoms with Gasteiger partial charge in [0.2, 0.25) is 5.91 Å². The number of hydrogen-bond acceptors (Lipinski definition) is 4. The average molecular weight is 391 g/mol. The van der Waals surface area contributed by atoms with Gasteiger partial charge in [-0.25, -0.2) is 0 Å². The second kappa shape index (κ2) is 7.35. The standard InChI is InChI=1S/C23H25N3O3/c1-15-7-6-10-20(16(15)2)24-11-13-25(14-12-24)21(27)17(3)26-22(28)18-8-4-5-9-19(18)23(26)29/h4-10,17H,11-14H2,1-3H3/t17-/m0/s1. The van der Waals surface area contributed by atoms with E-state index in [2.05, 4.69) is 36.9 Å². The van der Waals surface area contributed by atoms with E-state index in [0.29, 0.717) is 24.2 Å². The smallest absolute Gasteiger partial charge is 0.262 e. The summed E-state index contributed by atoms with van der Waals surface area (Å²) in [6.45, 7) is 8.45. The van der Waals surface area contributed by atoms with Crippen LogP contribution in [0.15, 0.2) is 42.5 Å². The predicted octanol–water partition coefficient (Wildman–Crippen LogP) is 2.64. The third-order valence-electron chi connectivity index (χ3n) is 6.08. The molecule has 4 rings (SSSR count). The van der Waals surface area contributed by atoms with Gasteiger partial charge in [0, 0.05) is 31.9 Å². The van der Waals surface area contributed by atoms with Crippen molar-refractivity contribution in [3.05, 3.63) is 64.7 Å². The van der Waals surface area contributed by atoms with E-state index in [1.54, 1.807) is 36.1 Å². The van der Waals surface area contributed by atoms with Crippen molar-refractivity contribution < 1.29 is 14.4 Å². The first-order chi connectivity index (χ1) is 13.9. The molecule has 2 aliphatic rings. The Morgan fingerprint density at radius 1 is 0.862 bits per heavy atom. The van der Waals surface area contributed by atoms with E-state index in [9.17, 15) is 14.4 Å². The van der Waals surface area contributed by atoms with Crippen LogP contribution >= 0.6 is 0 Å². The molecule has 0 unspecified atom stereocenters. The van der Waals surface area contributed by atoms with Gasteiger partial charge in [0.25, 0.3) is 11.8 Å². The normalized spacial score (nSPS) is 17.6. The first kappa shape index (κ1) is 19.2. The Balaban J connectivity index is 1.44. The van der Waals surface area contributed by atoms with E-state index >= 15 is 0 Å². The Morgan fingerprint density at radius 2 is 1.45 bits per heavy atom. The van der Waals surface area contributed by atoms with Crippen LogP contribution in [0.5, 0.6) is 0 Å². The monoisotopic (exact) mass is 391 g/mol. The minimum atomic E-state index is -0.811. The van der Waals surface area contributed by atoms with Crippen LogP contribution in [-0.4, -0.2) is 59.7 Å². The minimum absolute atomic E-state index is 0.180. The van der Waals surface area contributed by atoms with Crippen LogP contribution in [0.3, 0.4) is 0 Å². The molecule has 1 fully saturated rings. The second-order valence-electron chi connectivity index (χ2n) is 7.73. The molecule has 3 amide bonds. The van der Waals surface area contributed by atoms with E-state index in [0.717, 1.165) is 18.0 Å². The first-order valence-corrected chi connectivity index (χ1v) is 9.97. The van der Waals surface area contributed by atoms with Crippen molar-refractivity contribution in [1.82, 2.24) is 9.80 Å². The number of carbonyl (C=O) groups excluding carboxylic acids is 3. The number of nitrogens with zero attached hydrogens (tertiary/aromatic N) is 3. The maximum absolute atomic E-state index is 13.1. The van der Waals surface area contributed by atoms with Crippen molar-refractivity contribution in [1.29, 1.82) is 0 Å². The summed E-state index contributed by atoms with van der Waals surface area (Å²) in [5.74, 6) is -0.957. The summed E-state index contributed by atoms with van der Waals surface area (Å²) in [5, 5.41) is 0. The van der Waals surface area contributed by atoms with Crippen molar-refractivity contribution in [2.24, 2.45) is 0 Å². The summed E-state index contributed by atoms with van der Waals surface area (Å²) in [6.07, 6.45) is 0. The summed E-state index contributed by atoms with van der Waals surface area (Å²) < 4.78 is 0. The fourth-order valence-electron chi connectivity index (χ4n) is 4.18. The predicted molar refractivity (Wildman–Crippen MR) is 111 cm³/mol. The molecule has 1 saturated heterocycles. The van der Waals surface area contributed by atoms with Gasteiger partial charge >= 0.3 is 0 Å². The van der Waals surface area contributed by atoms with E-state index in [1.807, 2.05) is 0 Å². The summed E-state index contributed by atoms with van der Waals surface area (Å²) >= 11 is 0. The number of hydrogen-bond donors (Lipinski definition) is 0. The molecule has 0 aliphatic carbocycles. The van der Waals surface area contributed by atoms with Crippen molar-refractivity contribution in [3.8, 4) is 0 Å². The molecule has 2 heterocycles. The molecule has 0 bridgehead atoms. The highest BCUT2D eigenvalue weighted by Gasteiger charge is 2.42. The number of amides is 3. The van der Waals surface area contributed by atoms with Crippen LogP contribution < -0.4 is 4.90 Å². The van der Waals surface area contributed by atoms with Crippen LogP contribution in [0, 0.1) is 13.8 Å². The van der Waals surface area contributed by atoms with E-state index in [1.165, 1.54) is 16.8 Å². The Labute approximate surface area is 170 Å².